The molecule has 0 spiro atoms. The molecule has 0 amide bonds. The summed E-state index contributed by atoms with van der Waals surface area (Å²) in [7, 11) is 1.18. The predicted octanol–water partition coefficient (Wildman–Crippen LogP) is 3.63. The average Bonchev–Trinajstić information content (AvgIpc) is 3.00. The summed E-state index contributed by atoms with van der Waals surface area (Å²) in [5.74, 6) is -1.69. The smallest absolute Gasteiger partial charge is 0.419 e. The number of carbonyl (C=O) groups is 1. The van der Waals surface area contributed by atoms with E-state index in [9.17, 15) is 18.0 Å². The molecule has 7 heteroatoms. The second kappa shape index (κ2) is 6.55. The van der Waals surface area contributed by atoms with Crippen LogP contribution in [0.5, 0.6) is 5.75 Å². The predicted molar refractivity (Wildman–Crippen MR) is 70.4 cm³/mol. The van der Waals surface area contributed by atoms with Crippen LogP contribution in [0.4, 0.5) is 13.2 Å². The summed E-state index contributed by atoms with van der Waals surface area (Å²) in [6, 6.07) is 7.88. The lowest BCUT2D eigenvalue weighted by atomic mass is 10.1. The van der Waals surface area contributed by atoms with Crippen molar-refractivity contribution < 1.29 is 31.9 Å². The van der Waals surface area contributed by atoms with Gasteiger partial charge in [-0.05, 0) is 24.3 Å². The van der Waals surface area contributed by atoms with Crippen molar-refractivity contribution in [1.29, 1.82) is 0 Å². The Morgan fingerprint density at radius 2 is 1.95 bits per heavy atom. The number of methoxy groups -OCH3 is 1. The quantitative estimate of drug-likeness (QED) is 0.791. The summed E-state index contributed by atoms with van der Waals surface area (Å²) in [5.41, 5.74) is -0.905. The first-order valence-corrected chi connectivity index (χ1v) is 6.33. The summed E-state index contributed by atoms with van der Waals surface area (Å²) in [6.45, 7) is -0.326. The third-order valence-corrected chi connectivity index (χ3v) is 2.97. The average molecular weight is 314 g/mol. The Balaban J connectivity index is 2.19. The third kappa shape index (κ3) is 3.60. The van der Waals surface area contributed by atoms with E-state index in [-0.39, 0.29) is 18.1 Å². The molecule has 0 bridgehead atoms. The number of para-hydroxylation sites is 1. The van der Waals surface area contributed by atoms with Crippen molar-refractivity contribution in [2.45, 2.75) is 12.1 Å². The molecule has 2 rings (SSSR count). The highest BCUT2D eigenvalue weighted by atomic mass is 19.4. The molecular formula is C15H13F3O4. The summed E-state index contributed by atoms with van der Waals surface area (Å²) in [4.78, 5) is 11.7. The van der Waals surface area contributed by atoms with Crippen LogP contribution in [0.1, 0.15) is 17.2 Å². The monoisotopic (exact) mass is 314 g/mol. The van der Waals surface area contributed by atoms with Gasteiger partial charge in [-0.15, -0.1) is 0 Å². The zero-order valence-corrected chi connectivity index (χ0v) is 11.6. The Kier molecular flexibility index (Phi) is 4.75. The highest BCUT2D eigenvalue weighted by Crippen LogP contribution is 2.36. The second-order valence-electron chi connectivity index (χ2n) is 4.40. The van der Waals surface area contributed by atoms with Gasteiger partial charge in [-0.1, -0.05) is 12.1 Å². The van der Waals surface area contributed by atoms with E-state index in [1.807, 2.05) is 0 Å². The van der Waals surface area contributed by atoms with Crippen LogP contribution in [0, 0.1) is 0 Å². The van der Waals surface area contributed by atoms with E-state index in [2.05, 4.69) is 4.74 Å². The van der Waals surface area contributed by atoms with Gasteiger partial charge in [0, 0.05) is 0 Å². The molecule has 0 aliphatic rings. The number of carbonyl (C=O) groups excluding carboxylic acids is 1. The van der Waals surface area contributed by atoms with Crippen LogP contribution in [-0.2, 0) is 15.7 Å². The van der Waals surface area contributed by atoms with Gasteiger partial charge in [0.1, 0.15) is 24.0 Å². The van der Waals surface area contributed by atoms with E-state index in [0.29, 0.717) is 0 Å². The molecule has 1 unspecified atom stereocenters. The van der Waals surface area contributed by atoms with Crippen molar-refractivity contribution in [2.24, 2.45) is 0 Å². The topological polar surface area (TPSA) is 48.7 Å². The van der Waals surface area contributed by atoms with Crippen LogP contribution in [0.3, 0.4) is 0 Å². The van der Waals surface area contributed by atoms with Gasteiger partial charge in [0.05, 0.1) is 18.9 Å². The van der Waals surface area contributed by atoms with Crippen LogP contribution >= 0.6 is 0 Å². The van der Waals surface area contributed by atoms with Crippen LogP contribution < -0.4 is 4.74 Å². The van der Waals surface area contributed by atoms with Crippen molar-refractivity contribution in [2.75, 3.05) is 13.7 Å². The number of furan rings is 1. The Hall–Kier alpha value is -2.44. The fourth-order valence-corrected chi connectivity index (χ4v) is 1.90. The van der Waals surface area contributed by atoms with Crippen molar-refractivity contribution in [1.82, 2.24) is 0 Å². The maximum absolute atomic E-state index is 12.9. The first kappa shape index (κ1) is 15.9. The van der Waals surface area contributed by atoms with E-state index < -0.39 is 23.6 Å². The number of hydrogen-bond donors (Lipinski definition) is 0. The first-order valence-electron chi connectivity index (χ1n) is 6.33. The molecule has 2 aromatic rings. The minimum Gasteiger partial charge on any atom is -0.492 e. The molecule has 1 atom stereocenters. The molecule has 0 saturated carbocycles. The summed E-state index contributed by atoms with van der Waals surface area (Å²) < 4.78 is 53.6. The standard InChI is InChI=1S/C15H13F3O4/c1-20-14(19)10(12-7-4-8-21-12)9-22-13-6-3-2-5-11(13)15(16,17)18/h2-8,10H,9H2,1H3. The number of esters is 1. The number of halogens is 3. The maximum Gasteiger partial charge on any atom is 0.419 e. The molecule has 1 aromatic heterocycles. The Labute approximate surface area is 124 Å². The lowest BCUT2D eigenvalue weighted by Crippen LogP contribution is -2.21. The fourth-order valence-electron chi connectivity index (χ4n) is 1.90. The van der Waals surface area contributed by atoms with Gasteiger partial charge in [-0.3, -0.25) is 4.79 Å². The molecule has 22 heavy (non-hydrogen) atoms. The van der Waals surface area contributed by atoms with Crippen LogP contribution in [0.2, 0.25) is 0 Å². The summed E-state index contributed by atoms with van der Waals surface area (Å²) in [5, 5.41) is 0. The molecule has 118 valence electrons. The zero-order valence-electron chi connectivity index (χ0n) is 11.6. The number of alkyl halides is 3. The lowest BCUT2D eigenvalue weighted by Gasteiger charge is -2.17. The summed E-state index contributed by atoms with van der Waals surface area (Å²) in [6.07, 6.45) is -3.18. The SMILES string of the molecule is COC(=O)C(COc1ccccc1C(F)(F)F)c1ccco1. The van der Waals surface area contributed by atoms with E-state index in [0.717, 1.165) is 6.07 Å². The van der Waals surface area contributed by atoms with Gasteiger partial charge < -0.3 is 13.9 Å². The van der Waals surface area contributed by atoms with Crippen molar-refractivity contribution in [3.05, 3.63) is 54.0 Å². The Bertz CT molecular complexity index is 620. The van der Waals surface area contributed by atoms with Gasteiger partial charge >= 0.3 is 12.1 Å². The normalized spacial score (nSPS) is 12.7. The van der Waals surface area contributed by atoms with Gasteiger partial charge in [-0.25, -0.2) is 0 Å². The molecule has 0 aliphatic carbocycles. The van der Waals surface area contributed by atoms with Gasteiger partial charge in [0.2, 0.25) is 0 Å². The minimum atomic E-state index is -4.54. The molecule has 0 N–H and O–H groups in total. The van der Waals surface area contributed by atoms with Crippen LogP contribution in [0.25, 0.3) is 0 Å². The van der Waals surface area contributed by atoms with E-state index in [1.54, 1.807) is 6.07 Å². The van der Waals surface area contributed by atoms with Gasteiger partial charge in [0.25, 0.3) is 0 Å². The maximum atomic E-state index is 12.9. The van der Waals surface area contributed by atoms with Crippen LogP contribution in [-0.4, -0.2) is 19.7 Å². The number of benzene rings is 1. The molecular weight excluding hydrogens is 301 g/mol. The van der Waals surface area contributed by atoms with Gasteiger partial charge in [0.15, 0.2) is 0 Å². The fraction of sp³-hybridized carbons (Fsp3) is 0.267. The Morgan fingerprint density at radius 1 is 1.23 bits per heavy atom. The lowest BCUT2D eigenvalue weighted by molar-refractivity contribution is -0.143. The zero-order chi connectivity index (χ0) is 16.2. The van der Waals surface area contributed by atoms with E-state index in [4.69, 9.17) is 9.15 Å². The first-order chi connectivity index (χ1) is 10.4. The molecule has 0 saturated heterocycles. The highest BCUT2D eigenvalue weighted by Gasteiger charge is 2.34. The second-order valence-corrected chi connectivity index (χ2v) is 4.40. The minimum absolute atomic E-state index is 0.260. The molecule has 0 aliphatic heterocycles. The van der Waals surface area contributed by atoms with Crippen molar-refractivity contribution in [3.8, 4) is 5.75 Å². The van der Waals surface area contributed by atoms with E-state index >= 15 is 0 Å². The van der Waals surface area contributed by atoms with E-state index in [1.165, 1.54) is 37.6 Å². The Morgan fingerprint density at radius 3 is 2.55 bits per heavy atom. The molecule has 1 heterocycles. The highest BCUT2D eigenvalue weighted by molar-refractivity contribution is 5.77. The summed E-state index contributed by atoms with van der Waals surface area (Å²) >= 11 is 0. The third-order valence-electron chi connectivity index (χ3n) is 2.97. The van der Waals surface area contributed by atoms with Crippen LogP contribution in [0.15, 0.2) is 47.1 Å². The molecule has 1 aromatic carbocycles. The number of ether oxygens (including phenoxy) is 2. The largest absolute Gasteiger partial charge is 0.492 e. The van der Waals surface area contributed by atoms with Crippen molar-refractivity contribution in [3.63, 3.8) is 0 Å². The molecule has 0 radical (unpaired) electrons. The van der Waals surface area contributed by atoms with Gasteiger partial charge in [-0.2, -0.15) is 13.2 Å². The number of rotatable bonds is 5. The molecule has 4 nitrogen and oxygen atoms in total. The molecule has 0 fully saturated rings. The number of hydrogen-bond acceptors (Lipinski definition) is 4. The van der Waals surface area contributed by atoms with Crippen molar-refractivity contribution >= 4 is 5.97 Å².